The molecule has 84 valence electrons. The quantitative estimate of drug-likeness (QED) is 0.822. The van der Waals surface area contributed by atoms with E-state index in [0.29, 0.717) is 12.2 Å². The normalized spacial score (nSPS) is 10.4. The molecule has 0 aliphatic heterocycles. The van der Waals surface area contributed by atoms with Crippen LogP contribution in [0.4, 0.5) is 11.5 Å². The molecule has 0 aromatic carbocycles. The van der Waals surface area contributed by atoms with Gasteiger partial charge in [0.1, 0.15) is 5.82 Å². The highest BCUT2D eigenvalue weighted by atomic mass is 16.5. The lowest BCUT2D eigenvalue weighted by Gasteiger charge is -2.05. The molecule has 0 fully saturated rings. The van der Waals surface area contributed by atoms with Crippen molar-refractivity contribution in [2.75, 3.05) is 11.1 Å². The number of nitrogens with two attached hydrogens (primary N) is 1. The van der Waals surface area contributed by atoms with E-state index in [-0.39, 0.29) is 0 Å². The fourth-order valence-electron chi connectivity index (χ4n) is 1.34. The Hall–Kier alpha value is -2.04. The lowest BCUT2D eigenvalue weighted by molar-refractivity contribution is 0.384. The van der Waals surface area contributed by atoms with Crippen LogP contribution in [-0.4, -0.2) is 10.1 Å². The Morgan fingerprint density at radius 2 is 2.19 bits per heavy atom. The van der Waals surface area contributed by atoms with E-state index in [0.717, 1.165) is 22.8 Å². The third kappa shape index (κ3) is 2.31. The first-order chi connectivity index (χ1) is 7.65. The predicted octanol–water partition coefficient (Wildman–Crippen LogP) is 1.88. The summed E-state index contributed by atoms with van der Waals surface area (Å²) >= 11 is 0. The van der Waals surface area contributed by atoms with Crippen LogP contribution in [0.1, 0.15) is 17.0 Å². The molecular weight excluding hydrogens is 204 g/mol. The van der Waals surface area contributed by atoms with Gasteiger partial charge in [-0.15, -0.1) is 0 Å². The van der Waals surface area contributed by atoms with Crippen LogP contribution in [0.25, 0.3) is 0 Å². The van der Waals surface area contributed by atoms with Gasteiger partial charge in [0.05, 0.1) is 24.1 Å². The van der Waals surface area contributed by atoms with Gasteiger partial charge in [-0.2, -0.15) is 0 Å². The van der Waals surface area contributed by atoms with Crippen molar-refractivity contribution in [3.63, 3.8) is 0 Å². The summed E-state index contributed by atoms with van der Waals surface area (Å²) in [5.74, 6) is 1.56. The van der Waals surface area contributed by atoms with Gasteiger partial charge in [0.15, 0.2) is 5.76 Å². The summed E-state index contributed by atoms with van der Waals surface area (Å²) in [6, 6.07) is 3.79. The molecule has 2 heterocycles. The summed E-state index contributed by atoms with van der Waals surface area (Å²) in [5, 5.41) is 6.95. The SMILES string of the molecule is Cc1cc(CNc2cc(C)c(N)cn2)on1. The van der Waals surface area contributed by atoms with Gasteiger partial charge < -0.3 is 15.6 Å². The molecule has 0 aliphatic rings. The highest BCUT2D eigenvalue weighted by Gasteiger charge is 2.02. The van der Waals surface area contributed by atoms with E-state index >= 15 is 0 Å². The summed E-state index contributed by atoms with van der Waals surface area (Å²) in [5.41, 5.74) is 8.26. The fourth-order valence-corrected chi connectivity index (χ4v) is 1.34. The van der Waals surface area contributed by atoms with Crippen LogP contribution in [0.2, 0.25) is 0 Å². The van der Waals surface area contributed by atoms with Crippen molar-refractivity contribution < 1.29 is 4.52 Å². The molecule has 0 saturated heterocycles. The first kappa shape index (κ1) is 10.5. The summed E-state index contributed by atoms with van der Waals surface area (Å²) < 4.78 is 5.08. The zero-order valence-corrected chi connectivity index (χ0v) is 9.32. The molecule has 5 nitrogen and oxygen atoms in total. The molecular formula is C11H14N4O. The molecule has 0 bridgehead atoms. The molecule has 2 rings (SSSR count). The standard InChI is InChI=1S/C11H14N4O/c1-7-3-11(14-6-10(7)12)13-5-9-4-8(2)15-16-9/h3-4,6H,5,12H2,1-2H3,(H,13,14). The second-order valence-electron chi connectivity index (χ2n) is 3.71. The Labute approximate surface area is 93.7 Å². The van der Waals surface area contributed by atoms with E-state index in [1.165, 1.54) is 0 Å². The zero-order valence-electron chi connectivity index (χ0n) is 9.32. The third-order valence-corrected chi connectivity index (χ3v) is 2.27. The average Bonchev–Trinajstić information content (AvgIpc) is 2.66. The third-order valence-electron chi connectivity index (χ3n) is 2.27. The van der Waals surface area contributed by atoms with Gasteiger partial charge in [-0.05, 0) is 25.5 Å². The van der Waals surface area contributed by atoms with Gasteiger partial charge in [0, 0.05) is 6.07 Å². The molecule has 0 saturated carbocycles. The zero-order chi connectivity index (χ0) is 11.5. The van der Waals surface area contributed by atoms with E-state index < -0.39 is 0 Å². The number of nitrogens with one attached hydrogen (secondary N) is 1. The summed E-state index contributed by atoms with van der Waals surface area (Å²) in [6.07, 6.45) is 1.64. The minimum atomic E-state index is 0.567. The Morgan fingerprint density at radius 3 is 2.81 bits per heavy atom. The van der Waals surface area contributed by atoms with E-state index in [9.17, 15) is 0 Å². The van der Waals surface area contributed by atoms with Crippen LogP contribution in [-0.2, 0) is 6.54 Å². The van der Waals surface area contributed by atoms with Crippen molar-refractivity contribution in [3.05, 3.63) is 35.3 Å². The molecule has 0 amide bonds. The maximum absolute atomic E-state index is 5.68. The molecule has 0 aliphatic carbocycles. The van der Waals surface area contributed by atoms with E-state index in [2.05, 4.69) is 15.5 Å². The molecule has 2 aromatic heterocycles. The highest BCUT2D eigenvalue weighted by molar-refractivity contribution is 5.50. The molecule has 3 N–H and O–H groups in total. The minimum absolute atomic E-state index is 0.567. The Balaban J connectivity index is 2.02. The highest BCUT2D eigenvalue weighted by Crippen LogP contribution is 2.14. The molecule has 0 spiro atoms. The minimum Gasteiger partial charge on any atom is -0.397 e. The van der Waals surface area contributed by atoms with Crippen molar-refractivity contribution in [2.45, 2.75) is 20.4 Å². The number of aryl methyl sites for hydroxylation is 2. The van der Waals surface area contributed by atoms with Gasteiger partial charge in [0.2, 0.25) is 0 Å². The van der Waals surface area contributed by atoms with Crippen molar-refractivity contribution >= 4 is 11.5 Å². The number of aromatic nitrogens is 2. The maximum Gasteiger partial charge on any atom is 0.156 e. The molecule has 0 radical (unpaired) electrons. The largest absolute Gasteiger partial charge is 0.397 e. The summed E-state index contributed by atoms with van der Waals surface area (Å²) in [6.45, 7) is 4.40. The summed E-state index contributed by atoms with van der Waals surface area (Å²) in [4.78, 5) is 4.16. The topological polar surface area (TPSA) is 77.0 Å². The summed E-state index contributed by atoms with van der Waals surface area (Å²) in [7, 11) is 0. The average molecular weight is 218 g/mol. The van der Waals surface area contributed by atoms with E-state index in [4.69, 9.17) is 10.3 Å². The van der Waals surface area contributed by atoms with Gasteiger partial charge >= 0.3 is 0 Å². The van der Waals surface area contributed by atoms with E-state index in [1.54, 1.807) is 6.20 Å². The molecule has 16 heavy (non-hydrogen) atoms. The lowest BCUT2D eigenvalue weighted by Crippen LogP contribution is -2.01. The predicted molar refractivity (Wildman–Crippen MR) is 62.0 cm³/mol. The number of pyridine rings is 1. The van der Waals surface area contributed by atoms with Crippen LogP contribution in [0.3, 0.4) is 0 Å². The first-order valence-electron chi connectivity index (χ1n) is 5.03. The number of rotatable bonds is 3. The fraction of sp³-hybridized carbons (Fsp3) is 0.273. The number of nitrogens with zero attached hydrogens (tertiary/aromatic N) is 2. The van der Waals surface area contributed by atoms with Crippen LogP contribution < -0.4 is 11.1 Å². The maximum atomic E-state index is 5.68. The Kier molecular flexibility index (Phi) is 2.76. The van der Waals surface area contributed by atoms with Gasteiger partial charge in [-0.3, -0.25) is 0 Å². The number of anilines is 2. The number of hydrogen-bond donors (Lipinski definition) is 2. The first-order valence-corrected chi connectivity index (χ1v) is 5.03. The molecule has 5 heteroatoms. The van der Waals surface area contributed by atoms with Gasteiger partial charge in [0.25, 0.3) is 0 Å². The van der Waals surface area contributed by atoms with Crippen LogP contribution in [0.15, 0.2) is 22.9 Å². The second kappa shape index (κ2) is 4.22. The molecule has 0 atom stereocenters. The second-order valence-corrected chi connectivity index (χ2v) is 3.71. The monoisotopic (exact) mass is 218 g/mol. The van der Waals surface area contributed by atoms with Crippen molar-refractivity contribution in [1.82, 2.24) is 10.1 Å². The van der Waals surface area contributed by atoms with Crippen molar-refractivity contribution in [1.29, 1.82) is 0 Å². The lowest BCUT2D eigenvalue weighted by atomic mass is 10.2. The smallest absolute Gasteiger partial charge is 0.156 e. The Bertz CT molecular complexity index is 492. The molecule has 2 aromatic rings. The van der Waals surface area contributed by atoms with E-state index in [1.807, 2.05) is 26.0 Å². The van der Waals surface area contributed by atoms with Gasteiger partial charge in [-0.25, -0.2) is 4.98 Å². The number of nitrogen functional groups attached to an aromatic ring is 1. The Morgan fingerprint density at radius 1 is 1.38 bits per heavy atom. The van der Waals surface area contributed by atoms with Crippen molar-refractivity contribution in [2.24, 2.45) is 0 Å². The molecule has 0 unspecified atom stereocenters. The van der Waals surface area contributed by atoms with Gasteiger partial charge in [-0.1, -0.05) is 5.16 Å². The van der Waals surface area contributed by atoms with Crippen LogP contribution in [0.5, 0.6) is 0 Å². The van der Waals surface area contributed by atoms with Crippen LogP contribution >= 0.6 is 0 Å². The van der Waals surface area contributed by atoms with Crippen LogP contribution in [0, 0.1) is 13.8 Å². The van der Waals surface area contributed by atoms with Crippen molar-refractivity contribution in [3.8, 4) is 0 Å². The number of hydrogen-bond acceptors (Lipinski definition) is 5.